The van der Waals surface area contributed by atoms with Gasteiger partial charge in [-0.05, 0) is 25.3 Å². The Morgan fingerprint density at radius 2 is 2.24 bits per heavy atom. The van der Waals surface area contributed by atoms with E-state index in [2.05, 4.69) is 25.1 Å². The van der Waals surface area contributed by atoms with Crippen molar-refractivity contribution in [1.82, 2.24) is 20.2 Å². The van der Waals surface area contributed by atoms with Crippen molar-refractivity contribution in [3.63, 3.8) is 0 Å². The highest BCUT2D eigenvalue weighted by molar-refractivity contribution is 7.90. The summed E-state index contributed by atoms with van der Waals surface area (Å²) in [5.41, 5.74) is 0.649. The summed E-state index contributed by atoms with van der Waals surface area (Å²) in [5.74, 6) is 0.809. The van der Waals surface area contributed by atoms with Gasteiger partial charge in [0, 0.05) is 19.0 Å². The van der Waals surface area contributed by atoms with E-state index in [9.17, 15) is 8.42 Å². The fourth-order valence-electron chi connectivity index (χ4n) is 2.78. The molecule has 3 rings (SSSR count). The first-order chi connectivity index (χ1) is 10.1. The molecule has 0 amide bonds. The van der Waals surface area contributed by atoms with Gasteiger partial charge in [0.05, 0.1) is 17.9 Å². The lowest BCUT2D eigenvalue weighted by molar-refractivity contribution is 0.455. The number of nitrogens with one attached hydrogen (secondary N) is 1. The number of aromatic amines is 1. The van der Waals surface area contributed by atoms with Gasteiger partial charge in [-0.3, -0.25) is 5.10 Å². The van der Waals surface area contributed by atoms with Gasteiger partial charge in [-0.1, -0.05) is 0 Å². The number of nitrogens with zero attached hydrogens (tertiary/aromatic N) is 4. The molecule has 8 heteroatoms. The third-order valence-corrected chi connectivity index (χ3v) is 4.85. The van der Waals surface area contributed by atoms with E-state index in [-0.39, 0.29) is 10.9 Å². The Morgan fingerprint density at radius 1 is 1.38 bits per heavy atom. The average molecular weight is 307 g/mol. The molecule has 2 aromatic rings. The summed E-state index contributed by atoms with van der Waals surface area (Å²) < 4.78 is 23.8. The summed E-state index contributed by atoms with van der Waals surface area (Å²) in [6, 6.07) is 1.79. The van der Waals surface area contributed by atoms with Crippen molar-refractivity contribution in [1.29, 1.82) is 0 Å². The van der Waals surface area contributed by atoms with Gasteiger partial charge in [0.2, 0.25) is 0 Å². The predicted octanol–water partition coefficient (Wildman–Crippen LogP) is 1.33. The molecule has 1 saturated heterocycles. The van der Waals surface area contributed by atoms with E-state index in [1.807, 2.05) is 6.07 Å². The lowest BCUT2D eigenvalue weighted by Crippen LogP contribution is -2.34. The smallest absolute Gasteiger partial charge is 0.178 e. The molecule has 0 unspecified atom stereocenters. The summed E-state index contributed by atoms with van der Waals surface area (Å²) in [7, 11) is -3.30. The summed E-state index contributed by atoms with van der Waals surface area (Å²) in [6.45, 7) is 0.837. The van der Waals surface area contributed by atoms with Crippen LogP contribution < -0.4 is 4.90 Å². The number of hydrogen-bond acceptors (Lipinski definition) is 6. The second kappa shape index (κ2) is 5.44. The van der Waals surface area contributed by atoms with Crippen molar-refractivity contribution in [2.24, 2.45) is 0 Å². The van der Waals surface area contributed by atoms with Crippen molar-refractivity contribution in [3.8, 4) is 0 Å². The molecular formula is C13H17N5O2S. The Balaban J connectivity index is 2.01. The fraction of sp³-hybridized carbons (Fsp3) is 0.462. The predicted molar refractivity (Wildman–Crippen MR) is 77.7 cm³/mol. The third-order valence-electron chi connectivity index (χ3n) is 3.73. The maximum absolute atomic E-state index is 11.9. The lowest BCUT2D eigenvalue weighted by atomic mass is 9.99. The van der Waals surface area contributed by atoms with Crippen LogP contribution in [0.3, 0.4) is 0 Å². The first-order valence-electron chi connectivity index (χ1n) is 6.83. The molecule has 1 atom stereocenters. The number of anilines is 1. The van der Waals surface area contributed by atoms with Gasteiger partial charge in [0.1, 0.15) is 17.0 Å². The van der Waals surface area contributed by atoms with E-state index in [1.165, 1.54) is 18.8 Å². The summed E-state index contributed by atoms with van der Waals surface area (Å²) >= 11 is 0. The molecule has 3 heterocycles. The molecule has 0 aliphatic carbocycles. The van der Waals surface area contributed by atoms with Crippen LogP contribution in [0.5, 0.6) is 0 Å². The van der Waals surface area contributed by atoms with Crippen molar-refractivity contribution >= 4 is 15.7 Å². The minimum atomic E-state index is -3.30. The minimum Gasteiger partial charge on any atom is -0.348 e. The first-order valence-corrected chi connectivity index (χ1v) is 8.72. The van der Waals surface area contributed by atoms with Crippen LogP contribution in [0.4, 0.5) is 5.82 Å². The lowest BCUT2D eigenvalue weighted by Gasteiger charge is -2.36. The van der Waals surface area contributed by atoms with E-state index in [0.29, 0.717) is 5.69 Å². The molecule has 1 aliphatic rings. The maximum atomic E-state index is 11.9. The topological polar surface area (TPSA) is 91.8 Å². The molecule has 0 aromatic carbocycles. The minimum absolute atomic E-state index is 0.0547. The van der Waals surface area contributed by atoms with E-state index in [0.717, 1.165) is 31.6 Å². The van der Waals surface area contributed by atoms with Gasteiger partial charge in [-0.15, -0.1) is 0 Å². The largest absolute Gasteiger partial charge is 0.348 e. The molecule has 112 valence electrons. The van der Waals surface area contributed by atoms with Crippen LogP contribution >= 0.6 is 0 Å². The van der Waals surface area contributed by atoms with E-state index in [4.69, 9.17) is 0 Å². The zero-order valence-electron chi connectivity index (χ0n) is 11.7. The van der Waals surface area contributed by atoms with E-state index in [1.54, 1.807) is 6.20 Å². The van der Waals surface area contributed by atoms with Gasteiger partial charge in [-0.25, -0.2) is 18.4 Å². The quantitative estimate of drug-likeness (QED) is 0.920. The summed E-state index contributed by atoms with van der Waals surface area (Å²) in [5, 5.41) is 6.80. The number of piperidine rings is 1. The Kier molecular flexibility index (Phi) is 3.62. The van der Waals surface area contributed by atoms with Gasteiger partial charge in [0.25, 0.3) is 0 Å². The zero-order valence-corrected chi connectivity index (χ0v) is 12.5. The molecule has 0 radical (unpaired) electrons. The van der Waals surface area contributed by atoms with Crippen molar-refractivity contribution in [2.75, 3.05) is 17.7 Å². The van der Waals surface area contributed by atoms with Crippen LogP contribution in [0.1, 0.15) is 31.0 Å². The SMILES string of the molecule is CS(=O)(=O)c1cn[nH]c1[C@@H]1CCCCN1c1ccncn1. The molecular weight excluding hydrogens is 290 g/mol. The summed E-state index contributed by atoms with van der Waals surface area (Å²) in [6.07, 6.45) is 8.77. The first kappa shape index (κ1) is 14.0. The second-order valence-electron chi connectivity index (χ2n) is 5.19. The molecule has 0 spiro atoms. The molecule has 1 aliphatic heterocycles. The highest BCUT2D eigenvalue weighted by Crippen LogP contribution is 2.35. The van der Waals surface area contributed by atoms with Crippen LogP contribution in [0.25, 0.3) is 0 Å². The van der Waals surface area contributed by atoms with Gasteiger partial charge < -0.3 is 4.90 Å². The van der Waals surface area contributed by atoms with E-state index < -0.39 is 9.84 Å². The molecule has 1 fully saturated rings. The number of aromatic nitrogens is 4. The van der Waals surface area contributed by atoms with Crippen LogP contribution in [0.15, 0.2) is 29.7 Å². The maximum Gasteiger partial charge on any atom is 0.178 e. The third kappa shape index (κ3) is 2.76. The Labute approximate surface area is 123 Å². The van der Waals surface area contributed by atoms with Crippen LogP contribution in [-0.2, 0) is 9.84 Å². The molecule has 0 bridgehead atoms. The Bertz CT molecular complexity index is 713. The monoisotopic (exact) mass is 307 g/mol. The molecule has 2 aromatic heterocycles. The van der Waals surface area contributed by atoms with Crippen molar-refractivity contribution in [3.05, 3.63) is 30.5 Å². The Morgan fingerprint density at radius 3 is 2.95 bits per heavy atom. The van der Waals surface area contributed by atoms with Crippen molar-refractivity contribution in [2.45, 2.75) is 30.2 Å². The Hall–Kier alpha value is -1.96. The fourth-order valence-corrected chi connectivity index (χ4v) is 3.60. The van der Waals surface area contributed by atoms with Gasteiger partial charge in [-0.2, -0.15) is 5.10 Å². The number of H-pyrrole nitrogens is 1. The number of rotatable bonds is 3. The molecule has 7 nitrogen and oxygen atoms in total. The average Bonchev–Trinajstić information content (AvgIpc) is 2.98. The van der Waals surface area contributed by atoms with Crippen molar-refractivity contribution < 1.29 is 8.42 Å². The zero-order chi connectivity index (χ0) is 14.9. The second-order valence-corrected chi connectivity index (χ2v) is 7.18. The highest BCUT2D eigenvalue weighted by atomic mass is 32.2. The molecule has 0 saturated carbocycles. The standard InChI is InChI=1S/C13H17N5O2S/c1-21(19,20)11-8-16-17-13(11)10-4-2-3-7-18(10)12-5-6-14-9-15-12/h5-6,8-10H,2-4,7H2,1H3,(H,16,17)/t10-/m0/s1. The van der Waals surface area contributed by atoms with Crippen LogP contribution in [0.2, 0.25) is 0 Å². The molecule has 1 N–H and O–H groups in total. The van der Waals surface area contributed by atoms with Gasteiger partial charge in [0.15, 0.2) is 9.84 Å². The summed E-state index contributed by atoms with van der Waals surface area (Å²) in [4.78, 5) is 10.6. The van der Waals surface area contributed by atoms with Gasteiger partial charge >= 0.3 is 0 Å². The van der Waals surface area contributed by atoms with Crippen LogP contribution in [-0.4, -0.2) is 41.4 Å². The van der Waals surface area contributed by atoms with E-state index >= 15 is 0 Å². The highest BCUT2D eigenvalue weighted by Gasteiger charge is 2.30. The number of sulfone groups is 1. The van der Waals surface area contributed by atoms with Crippen LogP contribution in [0, 0.1) is 0 Å². The number of hydrogen-bond donors (Lipinski definition) is 1. The normalized spacial score (nSPS) is 19.7. The molecule has 21 heavy (non-hydrogen) atoms.